The van der Waals surface area contributed by atoms with Gasteiger partial charge in [0.15, 0.2) is 0 Å². The fraction of sp³-hybridized carbons (Fsp3) is 1.00. The SMILES string of the molecule is [2H]NCCCC(C)CN[2H]. The van der Waals surface area contributed by atoms with Gasteiger partial charge in [0.25, 0.3) is 0 Å². The number of hydrogen-bond donors (Lipinski definition) is 2. The maximum Gasteiger partial charge on any atom is 0.118 e. The molecule has 0 bridgehead atoms. The van der Waals surface area contributed by atoms with E-state index in [4.69, 9.17) is 2.82 Å². The molecule has 0 aromatic carbocycles. The van der Waals surface area contributed by atoms with Gasteiger partial charge in [-0.3, -0.25) is 0 Å². The van der Waals surface area contributed by atoms with E-state index in [1.165, 1.54) is 0 Å². The van der Waals surface area contributed by atoms with Crippen LogP contribution in [0.5, 0.6) is 0 Å². The first-order valence-corrected chi connectivity index (χ1v) is 3.10. The molecule has 8 heavy (non-hydrogen) atoms. The maximum atomic E-state index is 6.71. The molecular weight excluding hydrogens is 100 g/mol. The summed E-state index contributed by atoms with van der Waals surface area (Å²) < 4.78 is 13.4. The smallest absolute Gasteiger partial charge is 0.118 e. The molecule has 0 radical (unpaired) electrons. The molecule has 0 amide bonds. The van der Waals surface area contributed by atoms with Crippen LogP contribution in [0.2, 0.25) is 2.82 Å². The van der Waals surface area contributed by atoms with Crippen LogP contribution in [-0.2, 0) is 0 Å². The van der Waals surface area contributed by atoms with Gasteiger partial charge in [0.2, 0.25) is 0 Å². The molecule has 4 N–H and O–H groups in total. The van der Waals surface area contributed by atoms with Crippen LogP contribution in [0.25, 0.3) is 0 Å². The van der Waals surface area contributed by atoms with Gasteiger partial charge in [-0.15, -0.1) is 0 Å². The number of nitrogens with two attached hydrogens (primary N) is 2. The Balaban J connectivity index is 2.97. The summed E-state index contributed by atoms with van der Waals surface area (Å²) in [6.45, 7) is 3.60. The van der Waals surface area contributed by atoms with Crippen molar-refractivity contribution in [3.63, 3.8) is 0 Å². The molecule has 0 aromatic rings. The molecular formula is C6H16N2. The normalized spacial score (nSPS) is 17.1. The first kappa shape index (κ1) is 4.77. The standard InChI is InChI=1S/C6H16N2/c1-6(5-8)3-2-4-7/h6H,2-5,7-8H2,1H3/i/hD2. The van der Waals surface area contributed by atoms with E-state index in [-0.39, 0.29) is 0 Å². The van der Waals surface area contributed by atoms with Crippen molar-refractivity contribution in [3.8, 4) is 0 Å². The summed E-state index contributed by atoms with van der Waals surface area (Å²) in [5.41, 5.74) is 4.72. The summed E-state index contributed by atoms with van der Waals surface area (Å²) in [6, 6.07) is 0. The van der Waals surface area contributed by atoms with Crippen LogP contribution in [0, 0.1) is 5.92 Å². The summed E-state index contributed by atoms with van der Waals surface area (Å²) in [5, 5.41) is 0. The molecule has 50 valence electrons. The summed E-state index contributed by atoms with van der Waals surface area (Å²) in [4.78, 5) is 0. The zero-order valence-electron chi connectivity index (χ0n) is 7.41. The lowest BCUT2D eigenvalue weighted by Gasteiger charge is -2.04. The van der Waals surface area contributed by atoms with Crippen molar-refractivity contribution in [3.05, 3.63) is 0 Å². The summed E-state index contributed by atoms with van der Waals surface area (Å²) in [5.74, 6) is 0.547. The van der Waals surface area contributed by atoms with Crippen LogP contribution in [0.3, 0.4) is 0 Å². The van der Waals surface area contributed by atoms with Crippen LogP contribution >= 0.6 is 0 Å². The third-order valence-electron chi connectivity index (χ3n) is 1.22. The molecule has 2 nitrogen and oxygen atoms in total. The van der Waals surface area contributed by atoms with Gasteiger partial charge in [0.1, 0.15) is 2.82 Å². The van der Waals surface area contributed by atoms with Gasteiger partial charge in [-0.05, 0) is 31.8 Å². The van der Waals surface area contributed by atoms with Crippen LogP contribution < -0.4 is 11.5 Å². The van der Waals surface area contributed by atoms with Crippen LogP contribution in [0.4, 0.5) is 0 Å². The third-order valence-corrected chi connectivity index (χ3v) is 1.22. The fourth-order valence-electron chi connectivity index (χ4n) is 0.553. The van der Waals surface area contributed by atoms with E-state index < -0.39 is 0 Å². The molecule has 0 aromatic heterocycles. The Bertz CT molecular complexity index is 70.8. The second-order valence-electron chi connectivity index (χ2n) is 2.20. The molecule has 0 aliphatic heterocycles. The van der Waals surface area contributed by atoms with Gasteiger partial charge in [0, 0.05) is 0 Å². The Morgan fingerprint density at radius 3 is 3.12 bits per heavy atom. The van der Waals surface area contributed by atoms with E-state index in [0.717, 1.165) is 25.9 Å². The molecule has 0 spiro atoms. The van der Waals surface area contributed by atoms with Crippen molar-refractivity contribution in [2.75, 3.05) is 13.1 Å². The maximum absolute atomic E-state index is 6.71. The Morgan fingerprint density at radius 2 is 2.50 bits per heavy atom. The molecule has 0 fully saturated rings. The summed E-state index contributed by atoms with van der Waals surface area (Å²) in [7, 11) is 0. The molecule has 1 unspecified atom stereocenters. The highest BCUT2D eigenvalue weighted by Crippen LogP contribution is 2.00. The molecule has 2 heteroatoms. The predicted octanol–water partition coefficient (Wildman–Crippen LogP) is 0.320. The molecule has 0 rings (SSSR count). The lowest BCUT2D eigenvalue weighted by molar-refractivity contribution is 0.525. The quantitative estimate of drug-likeness (QED) is 0.493. The van der Waals surface area contributed by atoms with E-state index in [1.807, 2.05) is 0 Å². The molecule has 0 saturated carbocycles. The third kappa shape index (κ3) is 4.09. The van der Waals surface area contributed by atoms with Crippen molar-refractivity contribution in [2.45, 2.75) is 19.8 Å². The minimum absolute atomic E-state index is 0.547. The molecule has 0 saturated heterocycles. The molecule has 0 heterocycles. The van der Waals surface area contributed by atoms with Crippen molar-refractivity contribution in [1.82, 2.24) is 0 Å². The van der Waals surface area contributed by atoms with E-state index in [1.54, 1.807) is 0 Å². The second-order valence-corrected chi connectivity index (χ2v) is 2.20. The molecule has 0 aliphatic carbocycles. The van der Waals surface area contributed by atoms with Crippen molar-refractivity contribution in [1.29, 1.82) is 0 Å². The lowest BCUT2D eigenvalue weighted by Crippen LogP contribution is -2.12. The van der Waals surface area contributed by atoms with Gasteiger partial charge in [0.05, 0.1) is 0 Å². The van der Waals surface area contributed by atoms with Gasteiger partial charge < -0.3 is 11.5 Å². The van der Waals surface area contributed by atoms with Crippen LogP contribution in [0.15, 0.2) is 0 Å². The highest BCUT2D eigenvalue weighted by molar-refractivity contribution is 4.52. The average molecular weight is 118 g/mol. The Labute approximate surface area is 54.2 Å². The van der Waals surface area contributed by atoms with E-state index in [0.29, 0.717) is 5.92 Å². The van der Waals surface area contributed by atoms with Crippen molar-refractivity contribution >= 4 is 0 Å². The highest BCUT2D eigenvalue weighted by Gasteiger charge is 1.95. The Hall–Kier alpha value is -0.0800. The van der Waals surface area contributed by atoms with Crippen molar-refractivity contribution < 1.29 is 2.82 Å². The minimum atomic E-state index is 0.547. The van der Waals surface area contributed by atoms with E-state index >= 15 is 0 Å². The molecule has 0 aliphatic rings. The zero-order valence-corrected chi connectivity index (χ0v) is 5.41. The first-order chi connectivity index (χ1) is 4.81. The zero-order chi connectivity index (χ0) is 7.82. The van der Waals surface area contributed by atoms with Gasteiger partial charge in [-0.25, -0.2) is 0 Å². The molecule has 1 atom stereocenters. The largest absolute Gasteiger partial charge is 0.330 e. The average Bonchev–Trinajstić information content (AvgIpc) is 1.89. The Kier molecular flexibility index (Phi) is 3.02. The van der Waals surface area contributed by atoms with E-state index in [2.05, 4.69) is 18.4 Å². The van der Waals surface area contributed by atoms with Crippen LogP contribution in [0.1, 0.15) is 19.8 Å². The van der Waals surface area contributed by atoms with Gasteiger partial charge in [-0.2, -0.15) is 0 Å². The fourth-order valence-corrected chi connectivity index (χ4v) is 0.553. The van der Waals surface area contributed by atoms with Gasteiger partial charge >= 0.3 is 0 Å². The monoisotopic (exact) mass is 118 g/mol. The summed E-state index contributed by atoms with van der Waals surface area (Å²) >= 11 is 0. The Morgan fingerprint density at radius 1 is 1.62 bits per heavy atom. The highest BCUT2D eigenvalue weighted by atomic mass is 14.5. The summed E-state index contributed by atoms with van der Waals surface area (Å²) in [6.07, 6.45) is 2.10. The van der Waals surface area contributed by atoms with E-state index in [9.17, 15) is 0 Å². The number of hydrogen-bond acceptors (Lipinski definition) is 2. The minimum Gasteiger partial charge on any atom is -0.330 e. The first-order valence-electron chi connectivity index (χ1n) is 4.10. The van der Waals surface area contributed by atoms with Gasteiger partial charge in [-0.1, -0.05) is 6.92 Å². The predicted molar refractivity (Wildman–Crippen MR) is 36.5 cm³/mol. The van der Waals surface area contributed by atoms with Crippen molar-refractivity contribution in [2.24, 2.45) is 17.4 Å². The van der Waals surface area contributed by atoms with Crippen LogP contribution in [-0.4, -0.2) is 13.1 Å². The number of rotatable bonds is 6. The second kappa shape index (κ2) is 5.06. The lowest BCUT2D eigenvalue weighted by atomic mass is 10.1. The topological polar surface area (TPSA) is 52.0 Å².